The summed E-state index contributed by atoms with van der Waals surface area (Å²) in [4.78, 5) is 15.6. The molecule has 0 bridgehead atoms. The zero-order chi connectivity index (χ0) is 14.0. The van der Waals surface area contributed by atoms with Gasteiger partial charge in [0.05, 0.1) is 4.75 Å². The van der Waals surface area contributed by atoms with Gasteiger partial charge in [0.2, 0.25) is 0 Å². The number of pyridine rings is 1. The number of nitrogens with zero attached hydrogens (tertiary/aromatic N) is 1. The third-order valence-electron chi connectivity index (χ3n) is 2.63. The van der Waals surface area contributed by atoms with Crippen LogP contribution in [-0.2, 0) is 9.84 Å². The lowest BCUT2D eigenvalue weighted by Crippen LogP contribution is -2.43. The van der Waals surface area contributed by atoms with Crippen molar-refractivity contribution >= 4 is 27.3 Å². The van der Waals surface area contributed by atoms with Crippen molar-refractivity contribution in [2.45, 2.75) is 18.6 Å². The monoisotopic (exact) mass is 290 g/mol. The highest BCUT2D eigenvalue weighted by Gasteiger charge is 2.30. The molecule has 5 nitrogen and oxygen atoms in total. The number of hydrogen-bond acceptors (Lipinski definition) is 4. The lowest BCUT2D eigenvalue weighted by Gasteiger charge is -2.22. The Labute approximate surface area is 111 Å². The maximum Gasteiger partial charge on any atom is 0.269 e. The first-order valence-electron chi connectivity index (χ1n) is 5.23. The number of sulfone groups is 1. The van der Waals surface area contributed by atoms with E-state index in [1.807, 2.05) is 0 Å². The fourth-order valence-corrected chi connectivity index (χ4v) is 1.54. The number of carbonyl (C=O) groups excluding carboxylic acids is 1. The molecule has 1 rings (SSSR count). The number of halogens is 1. The standard InChI is InChI=1S/C11H15ClN2O3S/c1-11(2,18(3,16)17)7-14-10(15)9-6-8(12)4-5-13-9/h4-6H,7H2,1-3H3,(H,14,15). The first-order valence-corrected chi connectivity index (χ1v) is 7.50. The van der Waals surface area contributed by atoms with E-state index in [9.17, 15) is 13.2 Å². The minimum atomic E-state index is -3.25. The normalized spacial score (nSPS) is 12.2. The van der Waals surface area contributed by atoms with Crippen LogP contribution in [0, 0.1) is 0 Å². The second-order valence-electron chi connectivity index (χ2n) is 4.57. The Morgan fingerprint density at radius 1 is 1.50 bits per heavy atom. The van der Waals surface area contributed by atoms with Gasteiger partial charge in [-0.1, -0.05) is 11.6 Å². The molecule has 0 radical (unpaired) electrons. The number of carbonyl (C=O) groups is 1. The third kappa shape index (κ3) is 3.68. The Bertz CT molecular complexity index is 555. The summed E-state index contributed by atoms with van der Waals surface area (Å²) in [5.41, 5.74) is 0.159. The number of hydrogen-bond donors (Lipinski definition) is 1. The molecule has 1 aromatic rings. The van der Waals surface area contributed by atoms with Gasteiger partial charge in [-0.25, -0.2) is 8.42 Å². The molecule has 0 spiro atoms. The van der Waals surface area contributed by atoms with E-state index in [1.165, 1.54) is 12.3 Å². The Morgan fingerprint density at radius 3 is 2.61 bits per heavy atom. The molecule has 7 heteroatoms. The van der Waals surface area contributed by atoms with Crippen LogP contribution in [0.5, 0.6) is 0 Å². The maximum absolute atomic E-state index is 11.7. The summed E-state index contributed by atoms with van der Waals surface area (Å²) in [5, 5.41) is 2.93. The van der Waals surface area contributed by atoms with E-state index < -0.39 is 20.5 Å². The maximum atomic E-state index is 11.7. The summed E-state index contributed by atoms with van der Waals surface area (Å²) in [6, 6.07) is 2.98. The van der Waals surface area contributed by atoms with Crippen molar-refractivity contribution in [3.05, 3.63) is 29.0 Å². The van der Waals surface area contributed by atoms with Gasteiger partial charge >= 0.3 is 0 Å². The molecule has 1 N–H and O–H groups in total. The summed E-state index contributed by atoms with van der Waals surface area (Å²) < 4.78 is 21.9. The van der Waals surface area contributed by atoms with Gasteiger partial charge in [0.1, 0.15) is 5.69 Å². The number of amides is 1. The van der Waals surface area contributed by atoms with Crippen LogP contribution < -0.4 is 5.32 Å². The highest BCUT2D eigenvalue weighted by Crippen LogP contribution is 2.14. The van der Waals surface area contributed by atoms with Gasteiger partial charge in [0.15, 0.2) is 9.84 Å². The molecule has 0 atom stereocenters. The predicted molar refractivity (Wildman–Crippen MR) is 70.5 cm³/mol. The summed E-state index contributed by atoms with van der Waals surface area (Å²) in [7, 11) is -3.25. The zero-order valence-corrected chi connectivity index (χ0v) is 12.0. The molecule has 0 aromatic carbocycles. The zero-order valence-electron chi connectivity index (χ0n) is 10.4. The van der Waals surface area contributed by atoms with Gasteiger partial charge in [0.25, 0.3) is 5.91 Å². The highest BCUT2D eigenvalue weighted by atomic mass is 35.5. The average Bonchev–Trinajstić information content (AvgIpc) is 2.24. The Kier molecular flexibility index (Phi) is 4.34. The molecule has 1 aromatic heterocycles. The van der Waals surface area contributed by atoms with Crippen molar-refractivity contribution in [3.63, 3.8) is 0 Å². The van der Waals surface area contributed by atoms with Crippen molar-refractivity contribution in [2.24, 2.45) is 0 Å². The summed E-state index contributed by atoms with van der Waals surface area (Å²) in [6.45, 7) is 3.11. The van der Waals surface area contributed by atoms with Crippen molar-refractivity contribution in [3.8, 4) is 0 Å². The van der Waals surface area contributed by atoms with E-state index in [4.69, 9.17) is 11.6 Å². The van der Waals surface area contributed by atoms with Crippen LogP contribution in [0.15, 0.2) is 18.3 Å². The Morgan fingerprint density at radius 2 is 2.11 bits per heavy atom. The molecule has 1 amide bonds. The fourth-order valence-electron chi connectivity index (χ4n) is 1.04. The van der Waals surface area contributed by atoms with Crippen LogP contribution in [-0.4, -0.2) is 36.9 Å². The summed E-state index contributed by atoms with van der Waals surface area (Å²) in [6.07, 6.45) is 2.55. The first-order chi connectivity index (χ1) is 8.13. The van der Waals surface area contributed by atoms with E-state index in [-0.39, 0.29) is 12.2 Å². The minimum absolute atomic E-state index is 0.0128. The van der Waals surface area contributed by atoms with Crippen LogP contribution >= 0.6 is 11.6 Å². The Balaban J connectivity index is 2.74. The highest BCUT2D eigenvalue weighted by molar-refractivity contribution is 7.92. The lowest BCUT2D eigenvalue weighted by molar-refractivity contribution is 0.0945. The molecule has 0 aliphatic heterocycles. The van der Waals surface area contributed by atoms with Gasteiger partial charge in [-0.2, -0.15) is 0 Å². The van der Waals surface area contributed by atoms with Crippen LogP contribution in [0.4, 0.5) is 0 Å². The fraction of sp³-hybridized carbons (Fsp3) is 0.455. The SMILES string of the molecule is CC(C)(CNC(=O)c1cc(Cl)ccn1)S(C)(=O)=O. The van der Waals surface area contributed by atoms with Crippen molar-refractivity contribution in [2.75, 3.05) is 12.8 Å². The van der Waals surface area contributed by atoms with E-state index in [1.54, 1.807) is 19.9 Å². The topological polar surface area (TPSA) is 76.1 Å². The third-order valence-corrected chi connectivity index (χ3v) is 5.02. The molecule has 0 aliphatic carbocycles. The number of aromatic nitrogens is 1. The van der Waals surface area contributed by atoms with Crippen LogP contribution in [0.2, 0.25) is 5.02 Å². The molecule has 0 fully saturated rings. The van der Waals surface area contributed by atoms with Crippen LogP contribution in [0.3, 0.4) is 0 Å². The molecule has 0 saturated heterocycles. The van der Waals surface area contributed by atoms with Crippen LogP contribution in [0.1, 0.15) is 24.3 Å². The summed E-state index contributed by atoms with van der Waals surface area (Å²) >= 11 is 5.74. The second kappa shape index (κ2) is 5.24. The average molecular weight is 291 g/mol. The molecule has 0 saturated carbocycles. The second-order valence-corrected chi connectivity index (χ2v) is 7.66. The molecule has 18 heavy (non-hydrogen) atoms. The van der Waals surface area contributed by atoms with Gasteiger partial charge in [-0.3, -0.25) is 9.78 Å². The molecular weight excluding hydrogens is 276 g/mol. The predicted octanol–water partition coefficient (Wildman–Crippen LogP) is 1.29. The van der Waals surface area contributed by atoms with E-state index in [0.717, 1.165) is 6.26 Å². The van der Waals surface area contributed by atoms with Crippen LogP contribution in [0.25, 0.3) is 0 Å². The van der Waals surface area contributed by atoms with Gasteiger partial charge < -0.3 is 5.32 Å². The molecule has 1 heterocycles. The first kappa shape index (κ1) is 14.9. The quantitative estimate of drug-likeness (QED) is 0.906. The van der Waals surface area contributed by atoms with E-state index >= 15 is 0 Å². The molecule has 0 unspecified atom stereocenters. The Hall–Kier alpha value is -1.14. The smallest absolute Gasteiger partial charge is 0.269 e. The van der Waals surface area contributed by atoms with Gasteiger partial charge in [-0.05, 0) is 26.0 Å². The van der Waals surface area contributed by atoms with E-state index in [0.29, 0.717) is 5.02 Å². The van der Waals surface area contributed by atoms with E-state index in [2.05, 4.69) is 10.3 Å². The van der Waals surface area contributed by atoms with Crippen molar-refractivity contribution in [1.82, 2.24) is 10.3 Å². The number of nitrogens with one attached hydrogen (secondary N) is 1. The van der Waals surface area contributed by atoms with Crippen molar-refractivity contribution < 1.29 is 13.2 Å². The molecular formula is C11H15ClN2O3S. The minimum Gasteiger partial charge on any atom is -0.349 e. The lowest BCUT2D eigenvalue weighted by atomic mass is 10.2. The number of rotatable bonds is 4. The largest absolute Gasteiger partial charge is 0.349 e. The summed E-state index contributed by atoms with van der Waals surface area (Å²) in [5.74, 6) is -0.450. The van der Waals surface area contributed by atoms with Gasteiger partial charge in [0, 0.05) is 24.0 Å². The van der Waals surface area contributed by atoms with Gasteiger partial charge in [-0.15, -0.1) is 0 Å². The molecule has 0 aliphatic rings. The van der Waals surface area contributed by atoms with Crippen molar-refractivity contribution in [1.29, 1.82) is 0 Å². The molecule has 100 valence electrons.